The number of aliphatic hydroxyl groups excluding tert-OH is 1. The molecule has 1 aromatic carbocycles. The van der Waals surface area contributed by atoms with Crippen LogP contribution in [0.4, 0.5) is 0 Å². The molecule has 1 rings (SSSR count). The van der Waals surface area contributed by atoms with E-state index in [1.807, 2.05) is 19.1 Å². The molecule has 1 unspecified atom stereocenters. The zero-order valence-corrected chi connectivity index (χ0v) is 7.24. The molecule has 2 heteroatoms. The van der Waals surface area contributed by atoms with E-state index in [2.05, 4.69) is 0 Å². The fourth-order valence-corrected chi connectivity index (χ4v) is 1.07. The Morgan fingerprint density at radius 3 is 2.50 bits per heavy atom. The molecule has 1 N–H and O–H groups in total. The van der Waals surface area contributed by atoms with Crippen LogP contribution in [0.3, 0.4) is 0 Å². The van der Waals surface area contributed by atoms with Crippen molar-refractivity contribution >= 4 is 5.78 Å². The summed E-state index contributed by atoms with van der Waals surface area (Å²) in [4.78, 5) is 11.3. The highest BCUT2D eigenvalue weighted by molar-refractivity contribution is 6.00. The molecular formula is C10H12O2. The Morgan fingerprint density at radius 1 is 1.42 bits per heavy atom. The number of hydrogen-bond donors (Lipinski definition) is 1. The number of benzene rings is 1. The highest BCUT2D eigenvalue weighted by atomic mass is 16.3. The average Bonchev–Trinajstić information content (AvgIpc) is 2.04. The summed E-state index contributed by atoms with van der Waals surface area (Å²) in [5.41, 5.74) is 1.51. The van der Waals surface area contributed by atoms with Crippen molar-refractivity contribution in [1.29, 1.82) is 0 Å². The van der Waals surface area contributed by atoms with Crippen molar-refractivity contribution in [3.63, 3.8) is 0 Å². The van der Waals surface area contributed by atoms with Gasteiger partial charge in [0.15, 0.2) is 5.78 Å². The summed E-state index contributed by atoms with van der Waals surface area (Å²) < 4.78 is 0. The Labute approximate surface area is 71.8 Å². The lowest BCUT2D eigenvalue weighted by molar-refractivity contribution is 0.0779. The van der Waals surface area contributed by atoms with Crippen LogP contribution in [-0.2, 0) is 0 Å². The first-order valence-corrected chi connectivity index (χ1v) is 3.91. The van der Waals surface area contributed by atoms with Gasteiger partial charge in [-0.3, -0.25) is 4.79 Å². The van der Waals surface area contributed by atoms with E-state index in [-0.39, 0.29) is 5.78 Å². The number of rotatable bonds is 2. The molecule has 2 nitrogen and oxygen atoms in total. The summed E-state index contributed by atoms with van der Waals surface area (Å²) >= 11 is 0. The van der Waals surface area contributed by atoms with Crippen LogP contribution in [-0.4, -0.2) is 17.0 Å². The van der Waals surface area contributed by atoms with Gasteiger partial charge in [0, 0.05) is 5.56 Å². The fourth-order valence-electron chi connectivity index (χ4n) is 1.07. The second-order valence-electron chi connectivity index (χ2n) is 2.86. The maximum Gasteiger partial charge on any atom is 0.191 e. The minimum atomic E-state index is -0.911. The summed E-state index contributed by atoms with van der Waals surface area (Å²) in [6, 6.07) is 7.25. The molecule has 0 bridgehead atoms. The van der Waals surface area contributed by atoms with Crippen LogP contribution in [0.15, 0.2) is 24.3 Å². The van der Waals surface area contributed by atoms with Gasteiger partial charge in [0.25, 0.3) is 0 Å². The molecule has 0 aliphatic rings. The van der Waals surface area contributed by atoms with Gasteiger partial charge in [-0.15, -0.1) is 0 Å². The minimum Gasteiger partial charge on any atom is -0.385 e. The molecule has 1 aromatic rings. The van der Waals surface area contributed by atoms with Crippen LogP contribution in [0.25, 0.3) is 0 Å². The second-order valence-corrected chi connectivity index (χ2v) is 2.86. The van der Waals surface area contributed by atoms with Crippen molar-refractivity contribution < 1.29 is 9.90 Å². The third kappa shape index (κ3) is 1.71. The zero-order chi connectivity index (χ0) is 9.14. The van der Waals surface area contributed by atoms with Gasteiger partial charge in [-0.1, -0.05) is 24.3 Å². The Kier molecular flexibility index (Phi) is 2.61. The van der Waals surface area contributed by atoms with Gasteiger partial charge in [-0.2, -0.15) is 0 Å². The maximum atomic E-state index is 11.3. The van der Waals surface area contributed by atoms with Gasteiger partial charge in [0.1, 0.15) is 6.10 Å². The third-order valence-corrected chi connectivity index (χ3v) is 1.79. The molecule has 0 saturated carbocycles. The van der Waals surface area contributed by atoms with Crippen LogP contribution >= 0.6 is 0 Å². The number of aryl methyl sites for hydroxylation is 1. The normalized spacial score (nSPS) is 12.6. The molecule has 0 amide bonds. The number of carbonyl (C=O) groups excluding carboxylic acids is 1. The van der Waals surface area contributed by atoms with Gasteiger partial charge >= 0.3 is 0 Å². The Hall–Kier alpha value is -1.15. The van der Waals surface area contributed by atoms with E-state index < -0.39 is 6.10 Å². The van der Waals surface area contributed by atoms with Gasteiger partial charge in [-0.05, 0) is 19.4 Å². The summed E-state index contributed by atoms with van der Waals surface area (Å²) in [5.74, 6) is -0.215. The summed E-state index contributed by atoms with van der Waals surface area (Å²) in [6.07, 6.45) is -0.911. The molecule has 0 radical (unpaired) electrons. The monoisotopic (exact) mass is 164 g/mol. The van der Waals surface area contributed by atoms with E-state index in [0.29, 0.717) is 5.56 Å². The van der Waals surface area contributed by atoms with Crippen LogP contribution in [0, 0.1) is 6.92 Å². The first-order chi connectivity index (χ1) is 5.63. The Morgan fingerprint density at radius 2 is 2.00 bits per heavy atom. The SMILES string of the molecule is Cc1ccccc1C(=O)C(C)O. The maximum absolute atomic E-state index is 11.3. The van der Waals surface area contributed by atoms with Crippen molar-refractivity contribution in [1.82, 2.24) is 0 Å². The molecule has 12 heavy (non-hydrogen) atoms. The van der Waals surface area contributed by atoms with Crippen molar-refractivity contribution in [2.24, 2.45) is 0 Å². The number of carbonyl (C=O) groups is 1. The molecule has 0 fully saturated rings. The van der Waals surface area contributed by atoms with E-state index in [9.17, 15) is 4.79 Å². The molecule has 0 aromatic heterocycles. The molecular weight excluding hydrogens is 152 g/mol. The quantitative estimate of drug-likeness (QED) is 0.673. The average molecular weight is 164 g/mol. The molecule has 0 aliphatic heterocycles. The fraction of sp³-hybridized carbons (Fsp3) is 0.300. The van der Waals surface area contributed by atoms with Gasteiger partial charge in [0.2, 0.25) is 0 Å². The smallest absolute Gasteiger partial charge is 0.191 e. The first-order valence-electron chi connectivity index (χ1n) is 3.91. The molecule has 0 heterocycles. The van der Waals surface area contributed by atoms with Crippen LogP contribution in [0.5, 0.6) is 0 Å². The first kappa shape index (κ1) is 8.94. The highest BCUT2D eigenvalue weighted by Gasteiger charge is 2.12. The van der Waals surface area contributed by atoms with Crippen molar-refractivity contribution in [3.8, 4) is 0 Å². The lowest BCUT2D eigenvalue weighted by atomic mass is 10.0. The van der Waals surface area contributed by atoms with Crippen LogP contribution in [0.2, 0.25) is 0 Å². The van der Waals surface area contributed by atoms with E-state index in [0.717, 1.165) is 5.56 Å². The third-order valence-electron chi connectivity index (χ3n) is 1.79. The van der Waals surface area contributed by atoms with E-state index in [1.54, 1.807) is 12.1 Å². The Balaban J connectivity index is 3.03. The van der Waals surface area contributed by atoms with E-state index in [1.165, 1.54) is 6.92 Å². The summed E-state index contributed by atoms with van der Waals surface area (Å²) in [6.45, 7) is 3.34. The zero-order valence-electron chi connectivity index (χ0n) is 7.24. The predicted octanol–water partition coefficient (Wildman–Crippen LogP) is 1.56. The van der Waals surface area contributed by atoms with Gasteiger partial charge in [-0.25, -0.2) is 0 Å². The number of hydrogen-bond acceptors (Lipinski definition) is 2. The lowest BCUT2D eigenvalue weighted by Gasteiger charge is -2.05. The number of Topliss-reactive ketones (excluding diaryl/α,β-unsaturated/α-hetero) is 1. The Bertz CT molecular complexity index is 290. The topological polar surface area (TPSA) is 37.3 Å². The molecule has 64 valence electrons. The standard InChI is InChI=1S/C10H12O2/c1-7-5-3-4-6-9(7)10(12)8(2)11/h3-6,8,11H,1-2H3. The van der Waals surface area contributed by atoms with Gasteiger partial charge < -0.3 is 5.11 Å². The second kappa shape index (κ2) is 3.50. The highest BCUT2D eigenvalue weighted by Crippen LogP contribution is 2.09. The minimum absolute atomic E-state index is 0.215. The number of aliphatic hydroxyl groups is 1. The summed E-state index contributed by atoms with van der Waals surface area (Å²) in [7, 11) is 0. The van der Waals surface area contributed by atoms with Crippen LogP contribution < -0.4 is 0 Å². The van der Waals surface area contributed by atoms with E-state index >= 15 is 0 Å². The number of ketones is 1. The lowest BCUT2D eigenvalue weighted by Crippen LogP contribution is -2.16. The van der Waals surface area contributed by atoms with Gasteiger partial charge in [0.05, 0.1) is 0 Å². The molecule has 0 spiro atoms. The largest absolute Gasteiger partial charge is 0.385 e. The molecule has 0 saturated heterocycles. The van der Waals surface area contributed by atoms with Crippen LogP contribution in [0.1, 0.15) is 22.8 Å². The van der Waals surface area contributed by atoms with Crippen molar-refractivity contribution in [3.05, 3.63) is 35.4 Å². The van der Waals surface area contributed by atoms with Crippen molar-refractivity contribution in [2.75, 3.05) is 0 Å². The molecule has 1 atom stereocenters. The van der Waals surface area contributed by atoms with Crippen molar-refractivity contribution in [2.45, 2.75) is 20.0 Å². The summed E-state index contributed by atoms with van der Waals surface area (Å²) in [5, 5.41) is 9.05. The van der Waals surface area contributed by atoms with E-state index in [4.69, 9.17) is 5.11 Å². The predicted molar refractivity (Wildman–Crippen MR) is 47.2 cm³/mol. The molecule has 0 aliphatic carbocycles.